The Morgan fingerprint density at radius 2 is 1.92 bits per heavy atom. The van der Waals surface area contributed by atoms with Crippen LogP contribution in [-0.4, -0.2) is 0 Å². The molecule has 24 heavy (non-hydrogen) atoms. The Morgan fingerprint density at radius 3 is 2.67 bits per heavy atom. The molecule has 3 atom stereocenters. The van der Waals surface area contributed by atoms with Gasteiger partial charge in [0.15, 0.2) is 0 Å². The lowest BCUT2D eigenvalue weighted by molar-refractivity contribution is -0.137. The van der Waals surface area contributed by atoms with Gasteiger partial charge < -0.3 is 5.32 Å². The van der Waals surface area contributed by atoms with Gasteiger partial charge in [0.1, 0.15) is 0 Å². The van der Waals surface area contributed by atoms with Crippen molar-refractivity contribution in [3.8, 4) is 0 Å². The zero-order valence-corrected chi connectivity index (χ0v) is 14.2. The molecule has 0 fully saturated rings. The van der Waals surface area contributed by atoms with E-state index in [0.717, 1.165) is 33.8 Å². The van der Waals surface area contributed by atoms with Crippen molar-refractivity contribution in [3.05, 3.63) is 75.8 Å². The van der Waals surface area contributed by atoms with Crippen molar-refractivity contribution < 1.29 is 13.2 Å². The second-order valence-corrected chi connectivity index (χ2v) is 7.25. The van der Waals surface area contributed by atoms with Gasteiger partial charge in [-0.1, -0.05) is 40.2 Å². The molecule has 0 aromatic heterocycles. The van der Waals surface area contributed by atoms with Gasteiger partial charge in [-0.15, -0.1) is 0 Å². The first-order valence-corrected chi connectivity index (χ1v) is 8.62. The minimum Gasteiger partial charge on any atom is -0.378 e. The monoisotopic (exact) mass is 393 g/mol. The Morgan fingerprint density at radius 1 is 1.08 bits per heavy atom. The maximum absolute atomic E-state index is 13.0. The molecule has 0 bridgehead atoms. The highest BCUT2D eigenvalue weighted by molar-refractivity contribution is 9.10. The highest BCUT2D eigenvalue weighted by atomic mass is 79.9. The fourth-order valence-electron chi connectivity index (χ4n) is 3.80. The molecule has 1 aliphatic heterocycles. The summed E-state index contributed by atoms with van der Waals surface area (Å²) in [4.78, 5) is 0. The Labute approximate surface area is 146 Å². The summed E-state index contributed by atoms with van der Waals surface area (Å²) in [7, 11) is 0. The first-order valence-electron chi connectivity index (χ1n) is 7.83. The van der Waals surface area contributed by atoms with Crippen LogP contribution in [0, 0.1) is 5.92 Å². The number of rotatable bonds is 1. The second kappa shape index (κ2) is 5.66. The van der Waals surface area contributed by atoms with Gasteiger partial charge in [0.25, 0.3) is 0 Å². The van der Waals surface area contributed by atoms with Gasteiger partial charge in [-0.05, 0) is 53.8 Å². The minimum absolute atomic E-state index is 0.0209. The quantitative estimate of drug-likeness (QED) is 0.561. The van der Waals surface area contributed by atoms with Crippen LogP contribution in [0.2, 0.25) is 0 Å². The van der Waals surface area contributed by atoms with Crippen LogP contribution < -0.4 is 5.32 Å². The lowest BCUT2D eigenvalue weighted by Crippen LogP contribution is -2.29. The van der Waals surface area contributed by atoms with Crippen LogP contribution in [0.25, 0.3) is 0 Å². The first-order chi connectivity index (χ1) is 11.4. The van der Waals surface area contributed by atoms with Gasteiger partial charge in [0.05, 0.1) is 11.6 Å². The van der Waals surface area contributed by atoms with E-state index in [1.807, 2.05) is 12.1 Å². The zero-order chi connectivity index (χ0) is 16.9. The van der Waals surface area contributed by atoms with Crippen molar-refractivity contribution in [2.24, 2.45) is 5.92 Å². The number of allylic oxidation sites excluding steroid dienone is 2. The average molecular weight is 394 g/mol. The molecule has 1 heterocycles. The van der Waals surface area contributed by atoms with Gasteiger partial charge in [-0.2, -0.15) is 13.2 Å². The van der Waals surface area contributed by atoms with E-state index in [-0.39, 0.29) is 17.9 Å². The molecule has 1 aliphatic carbocycles. The summed E-state index contributed by atoms with van der Waals surface area (Å²) in [5.74, 6) is 0.253. The standard InChI is InChI=1S/C19H15BrF3N/c20-13-4-1-3-11(9-13)18-15-6-2-5-14(15)16-10-12(19(21,22)23)7-8-17(16)24-18/h1-5,7-10,14-15,18,24H,6H2/t14-,15+,18+/m1/s1. The molecule has 0 unspecified atom stereocenters. The topological polar surface area (TPSA) is 12.0 Å². The maximum Gasteiger partial charge on any atom is 0.416 e. The van der Waals surface area contributed by atoms with Crippen molar-refractivity contribution in [2.75, 3.05) is 5.32 Å². The van der Waals surface area contributed by atoms with Gasteiger partial charge >= 0.3 is 6.18 Å². The second-order valence-electron chi connectivity index (χ2n) is 6.33. The average Bonchev–Trinajstić information content (AvgIpc) is 3.02. The van der Waals surface area contributed by atoms with Crippen LogP contribution in [0.15, 0.2) is 59.1 Å². The van der Waals surface area contributed by atoms with E-state index in [1.165, 1.54) is 6.07 Å². The Balaban J connectivity index is 1.78. The minimum atomic E-state index is -4.31. The van der Waals surface area contributed by atoms with Crippen molar-refractivity contribution >= 4 is 21.6 Å². The lowest BCUT2D eigenvalue weighted by atomic mass is 9.76. The first kappa shape index (κ1) is 15.8. The van der Waals surface area contributed by atoms with E-state index in [0.29, 0.717) is 0 Å². The fourth-order valence-corrected chi connectivity index (χ4v) is 4.22. The van der Waals surface area contributed by atoms with Gasteiger partial charge in [0, 0.05) is 16.1 Å². The van der Waals surface area contributed by atoms with Crippen LogP contribution in [0.4, 0.5) is 18.9 Å². The fraction of sp³-hybridized carbons (Fsp3) is 0.263. The number of alkyl halides is 3. The van der Waals surface area contributed by atoms with Crippen molar-refractivity contribution in [1.29, 1.82) is 0 Å². The zero-order valence-electron chi connectivity index (χ0n) is 12.6. The molecule has 1 nitrogen and oxygen atoms in total. The molecule has 0 spiro atoms. The number of hydrogen-bond donors (Lipinski definition) is 1. The van der Waals surface area contributed by atoms with Crippen LogP contribution >= 0.6 is 15.9 Å². The van der Waals surface area contributed by atoms with Crippen LogP contribution in [0.3, 0.4) is 0 Å². The van der Waals surface area contributed by atoms with Crippen molar-refractivity contribution in [1.82, 2.24) is 0 Å². The summed E-state index contributed by atoms with van der Waals surface area (Å²) in [6.45, 7) is 0. The molecule has 0 amide bonds. The van der Waals surface area contributed by atoms with Crippen LogP contribution in [-0.2, 0) is 6.18 Å². The van der Waals surface area contributed by atoms with Crippen molar-refractivity contribution in [2.45, 2.75) is 24.6 Å². The number of hydrogen-bond acceptors (Lipinski definition) is 1. The maximum atomic E-state index is 13.0. The highest BCUT2D eigenvalue weighted by Gasteiger charge is 2.39. The molecule has 1 N–H and O–H groups in total. The van der Waals surface area contributed by atoms with E-state index in [4.69, 9.17) is 0 Å². The van der Waals surface area contributed by atoms with Crippen molar-refractivity contribution in [3.63, 3.8) is 0 Å². The van der Waals surface area contributed by atoms with Gasteiger partial charge in [-0.3, -0.25) is 0 Å². The summed E-state index contributed by atoms with van der Waals surface area (Å²) in [5, 5.41) is 3.46. The Kier molecular flexibility index (Phi) is 3.71. The Hall–Kier alpha value is -1.75. The molecule has 0 radical (unpaired) electrons. The molecule has 124 valence electrons. The molecular weight excluding hydrogens is 379 g/mol. The van der Waals surface area contributed by atoms with E-state index in [9.17, 15) is 13.2 Å². The predicted octanol–water partition coefficient (Wildman–Crippen LogP) is 6.29. The summed E-state index contributed by atoms with van der Waals surface area (Å²) < 4.78 is 40.1. The summed E-state index contributed by atoms with van der Waals surface area (Å²) >= 11 is 3.50. The molecule has 5 heteroatoms. The van der Waals surface area contributed by atoms with Gasteiger partial charge in [-0.25, -0.2) is 0 Å². The normalized spacial score (nSPS) is 25.1. The molecular formula is C19H15BrF3N. The molecule has 2 aliphatic rings. The molecule has 0 saturated heterocycles. The number of fused-ring (bicyclic) bond motifs is 3. The number of halogens is 4. The Bertz CT molecular complexity index is 812. The summed E-state index contributed by atoms with van der Waals surface area (Å²) in [5.41, 5.74) is 2.10. The lowest BCUT2D eigenvalue weighted by Gasteiger charge is -2.38. The highest BCUT2D eigenvalue weighted by Crippen LogP contribution is 2.50. The van der Waals surface area contributed by atoms with E-state index < -0.39 is 11.7 Å². The number of benzene rings is 2. The summed E-state index contributed by atoms with van der Waals surface area (Å²) in [6, 6.07) is 12.2. The molecule has 2 aromatic carbocycles. The molecule has 2 aromatic rings. The largest absolute Gasteiger partial charge is 0.416 e. The third-order valence-electron chi connectivity index (χ3n) is 4.90. The summed E-state index contributed by atoms with van der Waals surface area (Å²) in [6.07, 6.45) is 0.686. The molecule has 0 saturated carbocycles. The van der Waals surface area contributed by atoms with Crippen LogP contribution in [0.5, 0.6) is 0 Å². The van der Waals surface area contributed by atoms with E-state index in [1.54, 1.807) is 6.07 Å². The third-order valence-corrected chi connectivity index (χ3v) is 5.39. The van der Waals surface area contributed by atoms with E-state index in [2.05, 4.69) is 45.5 Å². The predicted molar refractivity (Wildman–Crippen MR) is 91.9 cm³/mol. The number of nitrogens with one attached hydrogen (secondary N) is 1. The number of anilines is 1. The van der Waals surface area contributed by atoms with Crippen LogP contribution in [0.1, 0.15) is 35.1 Å². The molecule has 4 rings (SSSR count). The van der Waals surface area contributed by atoms with Gasteiger partial charge in [0.2, 0.25) is 0 Å². The SMILES string of the molecule is FC(F)(F)c1ccc2c(c1)[C@@H]1C=CC[C@@H]1[C@H](c1cccc(Br)c1)N2. The van der Waals surface area contributed by atoms with E-state index >= 15 is 0 Å². The smallest absolute Gasteiger partial charge is 0.378 e. The third kappa shape index (κ3) is 2.65.